The topological polar surface area (TPSA) is 69.4 Å². The summed E-state index contributed by atoms with van der Waals surface area (Å²) in [5.41, 5.74) is 5.87. The molecule has 2 rings (SSSR count). The lowest BCUT2D eigenvalue weighted by Gasteiger charge is -2.14. The van der Waals surface area contributed by atoms with Crippen LogP contribution in [0.1, 0.15) is 22.0 Å². The summed E-state index contributed by atoms with van der Waals surface area (Å²) >= 11 is 0. The molecule has 0 saturated carbocycles. The van der Waals surface area contributed by atoms with E-state index in [1.165, 1.54) is 12.1 Å². The molecule has 1 unspecified atom stereocenters. The lowest BCUT2D eigenvalue weighted by molar-refractivity contribution is -0.127. The van der Waals surface area contributed by atoms with E-state index in [4.69, 9.17) is 10.5 Å². The van der Waals surface area contributed by atoms with Crippen LogP contribution < -0.4 is 5.73 Å². The van der Waals surface area contributed by atoms with Crippen LogP contribution in [0, 0.1) is 5.82 Å². The van der Waals surface area contributed by atoms with Gasteiger partial charge >= 0.3 is 5.97 Å². The van der Waals surface area contributed by atoms with Crippen molar-refractivity contribution in [3.63, 3.8) is 0 Å². The molecule has 2 aromatic rings. The van der Waals surface area contributed by atoms with Crippen LogP contribution in [0.25, 0.3) is 0 Å². The van der Waals surface area contributed by atoms with Crippen molar-refractivity contribution >= 4 is 11.9 Å². The molecule has 4 nitrogen and oxygen atoms in total. The molecular formula is C15H12FNO3. The first-order chi connectivity index (χ1) is 9.58. The fourth-order valence-electron chi connectivity index (χ4n) is 1.68. The second kappa shape index (κ2) is 5.97. The van der Waals surface area contributed by atoms with E-state index in [1.54, 1.807) is 30.3 Å². The Hall–Kier alpha value is -2.69. The number of halogens is 1. The van der Waals surface area contributed by atoms with Crippen molar-refractivity contribution in [2.75, 3.05) is 0 Å². The molecule has 20 heavy (non-hydrogen) atoms. The molecule has 0 aliphatic carbocycles. The van der Waals surface area contributed by atoms with E-state index in [0.29, 0.717) is 5.56 Å². The zero-order chi connectivity index (χ0) is 14.5. The van der Waals surface area contributed by atoms with Gasteiger partial charge in [0.05, 0.1) is 5.56 Å². The van der Waals surface area contributed by atoms with Gasteiger partial charge in [0.25, 0.3) is 5.91 Å². The first-order valence-corrected chi connectivity index (χ1v) is 5.89. The SMILES string of the molecule is NC(=O)C(OC(=O)c1ccc(F)cc1)c1ccccc1. The van der Waals surface area contributed by atoms with E-state index in [2.05, 4.69) is 0 Å². The molecule has 1 atom stereocenters. The van der Waals surface area contributed by atoms with Crippen LogP contribution in [-0.4, -0.2) is 11.9 Å². The molecule has 2 N–H and O–H groups in total. The van der Waals surface area contributed by atoms with Crippen LogP contribution in [0.5, 0.6) is 0 Å². The standard InChI is InChI=1S/C15H12FNO3/c16-12-8-6-11(7-9-12)15(19)20-13(14(17)18)10-4-2-1-3-5-10/h1-9,13H,(H2,17,18). The summed E-state index contributed by atoms with van der Waals surface area (Å²) in [7, 11) is 0. The van der Waals surface area contributed by atoms with Crippen molar-refractivity contribution in [1.29, 1.82) is 0 Å². The van der Waals surface area contributed by atoms with Gasteiger partial charge in [-0.05, 0) is 24.3 Å². The van der Waals surface area contributed by atoms with Gasteiger partial charge in [-0.3, -0.25) is 4.79 Å². The maximum atomic E-state index is 12.8. The second-order valence-corrected chi connectivity index (χ2v) is 4.11. The summed E-state index contributed by atoms with van der Waals surface area (Å²) < 4.78 is 17.9. The Bertz CT molecular complexity index is 611. The highest BCUT2D eigenvalue weighted by Gasteiger charge is 2.23. The first-order valence-electron chi connectivity index (χ1n) is 5.89. The molecule has 1 amide bonds. The highest BCUT2D eigenvalue weighted by molar-refractivity contribution is 5.92. The molecule has 0 aliphatic heterocycles. The van der Waals surface area contributed by atoms with Crippen LogP contribution in [0.4, 0.5) is 4.39 Å². The molecule has 0 saturated heterocycles. The predicted octanol–water partition coefficient (Wildman–Crippen LogP) is 2.21. The number of amides is 1. The number of primary amides is 1. The van der Waals surface area contributed by atoms with Crippen molar-refractivity contribution in [2.45, 2.75) is 6.10 Å². The Balaban J connectivity index is 2.19. The fourth-order valence-corrected chi connectivity index (χ4v) is 1.68. The Kier molecular flexibility index (Phi) is 4.10. The quantitative estimate of drug-likeness (QED) is 0.868. The minimum absolute atomic E-state index is 0.147. The van der Waals surface area contributed by atoms with Gasteiger partial charge in [0, 0.05) is 5.56 Å². The summed E-state index contributed by atoms with van der Waals surface area (Å²) in [5.74, 6) is -1.97. The number of rotatable bonds is 4. The number of hydrogen-bond acceptors (Lipinski definition) is 3. The molecule has 0 fully saturated rings. The van der Waals surface area contributed by atoms with Gasteiger partial charge < -0.3 is 10.5 Å². The Labute approximate surface area is 115 Å². The normalized spacial score (nSPS) is 11.7. The maximum Gasteiger partial charge on any atom is 0.339 e. The third kappa shape index (κ3) is 3.20. The maximum absolute atomic E-state index is 12.8. The third-order valence-electron chi connectivity index (χ3n) is 2.67. The summed E-state index contributed by atoms with van der Waals surface area (Å²) in [6.07, 6.45) is -1.17. The van der Waals surface area contributed by atoms with E-state index < -0.39 is 23.8 Å². The van der Waals surface area contributed by atoms with Gasteiger partial charge in [0.15, 0.2) is 0 Å². The van der Waals surface area contributed by atoms with Gasteiger partial charge in [0.1, 0.15) is 5.82 Å². The van der Waals surface area contributed by atoms with Crippen LogP contribution in [-0.2, 0) is 9.53 Å². The largest absolute Gasteiger partial charge is 0.444 e. The number of nitrogens with two attached hydrogens (primary N) is 1. The van der Waals surface area contributed by atoms with Crippen molar-refractivity contribution < 1.29 is 18.7 Å². The zero-order valence-electron chi connectivity index (χ0n) is 10.5. The lowest BCUT2D eigenvalue weighted by Crippen LogP contribution is -2.26. The molecule has 0 aliphatic rings. The average Bonchev–Trinajstić information content (AvgIpc) is 2.46. The Morgan fingerprint density at radius 1 is 1.00 bits per heavy atom. The van der Waals surface area contributed by atoms with Gasteiger partial charge in [-0.1, -0.05) is 30.3 Å². The van der Waals surface area contributed by atoms with Crippen molar-refractivity contribution in [3.8, 4) is 0 Å². The van der Waals surface area contributed by atoms with E-state index in [9.17, 15) is 14.0 Å². The van der Waals surface area contributed by atoms with Gasteiger partial charge in [0.2, 0.25) is 6.10 Å². The first kappa shape index (κ1) is 13.7. The lowest BCUT2D eigenvalue weighted by atomic mass is 10.1. The van der Waals surface area contributed by atoms with E-state index in [0.717, 1.165) is 12.1 Å². The molecule has 0 bridgehead atoms. The molecule has 0 radical (unpaired) electrons. The minimum atomic E-state index is -1.17. The number of hydrogen-bond donors (Lipinski definition) is 1. The highest BCUT2D eigenvalue weighted by Crippen LogP contribution is 2.18. The van der Waals surface area contributed by atoms with Gasteiger partial charge in [-0.15, -0.1) is 0 Å². The molecule has 0 aromatic heterocycles. The summed E-state index contributed by atoms with van der Waals surface area (Å²) in [6, 6.07) is 13.3. The summed E-state index contributed by atoms with van der Waals surface area (Å²) in [6.45, 7) is 0. The monoisotopic (exact) mass is 273 g/mol. The van der Waals surface area contributed by atoms with E-state index in [1.807, 2.05) is 0 Å². The second-order valence-electron chi connectivity index (χ2n) is 4.11. The highest BCUT2D eigenvalue weighted by atomic mass is 19.1. The number of benzene rings is 2. The summed E-state index contributed by atoms with van der Waals surface area (Å²) in [5, 5.41) is 0. The van der Waals surface area contributed by atoms with E-state index in [-0.39, 0.29) is 5.56 Å². The minimum Gasteiger partial charge on any atom is -0.444 e. The van der Waals surface area contributed by atoms with Gasteiger partial charge in [-0.2, -0.15) is 0 Å². The van der Waals surface area contributed by atoms with Crippen LogP contribution in [0.3, 0.4) is 0 Å². The molecular weight excluding hydrogens is 261 g/mol. The number of carbonyl (C=O) groups excluding carboxylic acids is 2. The predicted molar refractivity (Wildman–Crippen MR) is 70.2 cm³/mol. The van der Waals surface area contributed by atoms with Crippen LogP contribution in [0.15, 0.2) is 54.6 Å². The van der Waals surface area contributed by atoms with Crippen LogP contribution >= 0.6 is 0 Å². The summed E-state index contributed by atoms with van der Waals surface area (Å²) in [4.78, 5) is 23.3. The average molecular weight is 273 g/mol. The van der Waals surface area contributed by atoms with Crippen molar-refractivity contribution in [2.24, 2.45) is 5.73 Å². The number of carbonyl (C=O) groups is 2. The molecule has 0 heterocycles. The fraction of sp³-hybridized carbons (Fsp3) is 0.0667. The van der Waals surface area contributed by atoms with Crippen LogP contribution in [0.2, 0.25) is 0 Å². The van der Waals surface area contributed by atoms with E-state index >= 15 is 0 Å². The van der Waals surface area contributed by atoms with Gasteiger partial charge in [-0.25, -0.2) is 9.18 Å². The number of ether oxygens (including phenoxy) is 1. The third-order valence-corrected chi connectivity index (χ3v) is 2.67. The molecule has 102 valence electrons. The van der Waals surface area contributed by atoms with Crippen molar-refractivity contribution in [1.82, 2.24) is 0 Å². The number of esters is 1. The Morgan fingerprint density at radius 2 is 1.60 bits per heavy atom. The molecule has 5 heteroatoms. The Morgan fingerprint density at radius 3 is 2.15 bits per heavy atom. The smallest absolute Gasteiger partial charge is 0.339 e. The zero-order valence-corrected chi connectivity index (χ0v) is 10.5. The molecule has 0 spiro atoms. The van der Waals surface area contributed by atoms with Crippen molar-refractivity contribution in [3.05, 3.63) is 71.5 Å². The molecule has 2 aromatic carbocycles.